The Hall–Kier alpha value is -1.43. The van der Waals surface area contributed by atoms with E-state index in [-0.39, 0.29) is 0 Å². The van der Waals surface area contributed by atoms with E-state index in [0.717, 1.165) is 16.0 Å². The molecule has 1 aromatic carbocycles. The Morgan fingerprint density at radius 2 is 1.70 bits per heavy atom. The summed E-state index contributed by atoms with van der Waals surface area (Å²) in [6.45, 7) is 0.574. The van der Waals surface area contributed by atoms with Gasteiger partial charge in [0.1, 0.15) is 0 Å². The molecule has 0 atom stereocenters. The molecule has 0 aliphatic heterocycles. The van der Waals surface area contributed by atoms with Crippen LogP contribution in [0.5, 0.6) is 11.5 Å². The van der Waals surface area contributed by atoms with Crippen molar-refractivity contribution in [2.75, 3.05) is 42.4 Å². The molecule has 0 aliphatic carbocycles. The summed E-state index contributed by atoms with van der Waals surface area (Å²) in [5.74, 6) is 2.31. The van der Waals surface area contributed by atoms with Crippen LogP contribution in [-0.4, -0.2) is 58.2 Å². The van der Waals surface area contributed by atoms with E-state index in [1.807, 2.05) is 50.1 Å². The van der Waals surface area contributed by atoms with E-state index < -0.39 is 0 Å². The summed E-state index contributed by atoms with van der Waals surface area (Å²) < 4.78 is 11.5. The van der Waals surface area contributed by atoms with Crippen LogP contribution >= 0.6 is 15.9 Å². The van der Waals surface area contributed by atoms with Crippen LogP contribution in [0.25, 0.3) is 0 Å². The number of guanidine groups is 1. The summed E-state index contributed by atoms with van der Waals surface area (Å²) in [4.78, 5) is 8.58. The van der Waals surface area contributed by atoms with E-state index in [0.29, 0.717) is 18.0 Å². The second-order valence-electron chi connectivity index (χ2n) is 4.72. The summed E-state index contributed by atoms with van der Waals surface area (Å²) in [7, 11) is 11.2. The van der Waals surface area contributed by atoms with Crippen molar-refractivity contribution in [1.82, 2.24) is 9.80 Å². The van der Waals surface area contributed by atoms with Gasteiger partial charge < -0.3 is 19.3 Å². The average molecular weight is 344 g/mol. The lowest BCUT2D eigenvalue weighted by atomic mass is 10.2. The van der Waals surface area contributed by atoms with Gasteiger partial charge in [0.05, 0.1) is 25.2 Å². The van der Waals surface area contributed by atoms with Gasteiger partial charge in [-0.1, -0.05) is 0 Å². The summed E-state index contributed by atoms with van der Waals surface area (Å²) in [6.07, 6.45) is 0. The quantitative estimate of drug-likeness (QED) is 0.621. The number of ether oxygens (including phenoxy) is 2. The van der Waals surface area contributed by atoms with Crippen LogP contribution in [0.15, 0.2) is 21.6 Å². The first kappa shape index (κ1) is 16.6. The van der Waals surface area contributed by atoms with E-state index in [1.165, 1.54) is 0 Å². The molecule has 0 unspecified atom stereocenters. The second-order valence-corrected chi connectivity index (χ2v) is 5.57. The highest BCUT2D eigenvalue weighted by Crippen LogP contribution is 2.36. The molecule has 0 N–H and O–H groups in total. The standard InChI is InChI=1S/C14H22BrN3O2/c1-17(2)14(18(3)4)16-9-10-7-11(15)13(20-6)12(8-10)19-5/h7-8H,9H2,1-6H3. The molecule has 1 aromatic rings. The minimum absolute atomic E-state index is 0.574. The molecule has 0 fully saturated rings. The van der Waals surface area contributed by atoms with Crippen LogP contribution < -0.4 is 9.47 Å². The highest BCUT2D eigenvalue weighted by molar-refractivity contribution is 9.10. The topological polar surface area (TPSA) is 37.3 Å². The van der Waals surface area contributed by atoms with Crippen molar-refractivity contribution < 1.29 is 9.47 Å². The van der Waals surface area contributed by atoms with Gasteiger partial charge in [0.15, 0.2) is 17.5 Å². The van der Waals surface area contributed by atoms with E-state index in [9.17, 15) is 0 Å². The van der Waals surface area contributed by atoms with Crippen LogP contribution in [-0.2, 0) is 6.54 Å². The largest absolute Gasteiger partial charge is 0.493 e. The third-order valence-corrected chi connectivity index (χ3v) is 3.29. The van der Waals surface area contributed by atoms with Crippen molar-refractivity contribution in [3.8, 4) is 11.5 Å². The molecule has 0 saturated carbocycles. The molecule has 112 valence electrons. The van der Waals surface area contributed by atoms with Gasteiger partial charge in [0, 0.05) is 28.2 Å². The van der Waals surface area contributed by atoms with Gasteiger partial charge in [-0.2, -0.15) is 0 Å². The molecule has 0 spiro atoms. The Bertz CT molecular complexity index is 478. The second kappa shape index (κ2) is 7.38. The Kier molecular flexibility index (Phi) is 6.13. The fraction of sp³-hybridized carbons (Fsp3) is 0.500. The average Bonchev–Trinajstić information content (AvgIpc) is 2.37. The molecular weight excluding hydrogens is 322 g/mol. The molecule has 0 saturated heterocycles. The van der Waals surface area contributed by atoms with E-state index in [2.05, 4.69) is 20.9 Å². The number of methoxy groups -OCH3 is 2. The highest BCUT2D eigenvalue weighted by Gasteiger charge is 2.11. The van der Waals surface area contributed by atoms with Crippen molar-refractivity contribution >= 4 is 21.9 Å². The monoisotopic (exact) mass is 343 g/mol. The molecule has 0 aliphatic rings. The molecular formula is C14H22BrN3O2. The van der Waals surface area contributed by atoms with Crippen LogP contribution in [0.3, 0.4) is 0 Å². The lowest BCUT2D eigenvalue weighted by Gasteiger charge is -2.22. The van der Waals surface area contributed by atoms with Crippen molar-refractivity contribution in [2.45, 2.75) is 6.54 Å². The number of hydrogen-bond donors (Lipinski definition) is 0. The fourth-order valence-corrected chi connectivity index (χ4v) is 2.56. The van der Waals surface area contributed by atoms with Crippen LogP contribution in [0.2, 0.25) is 0 Å². The maximum atomic E-state index is 5.34. The van der Waals surface area contributed by atoms with Crippen LogP contribution in [0.1, 0.15) is 5.56 Å². The lowest BCUT2D eigenvalue weighted by molar-refractivity contribution is 0.352. The molecule has 0 amide bonds. The smallest absolute Gasteiger partial charge is 0.195 e. The van der Waals surface area contributed by atoms with Crippen molar-refractivity contribution in [3.63, 3.8) is 0 Å². The number of halogens is 1. The molecule has 0 aromatic heterocycles. The summed E-state index contributed by atoms with van der Waals surface area (Å²) >= 11 is 3.49. The maximum absolute atomic E-state index is 5.34. The first-order chi connectivity index (χ1) is 9.40. The van der Waals surface area contributed by atoms with Gasteiger partial charge in [-0.25, -0.2) is 4.99 Å². The zero-order valence-corrected chi connectivity index (χ0v) is 14.5. The summed E-state index contributed by atoms with van der Waals surface area (Å²) in [6, 6.07) is 3.93. The Morgan fingerprint density at radius 3 is 2.15 bits per heavy atom. The number of benzene rings is 1. The number of hydrogen-bond acceptors (Lipinski definition) is 3. The predicted molar refractivity (Wildman–Crippen MR) is 85.8 cm³/mol. The molecule has 6 heteroatoms. The Labute approximate surface area is 129 Å². The Balaban J connectivity index is 3.04. The molecule has 5 nitrogen and oxygen atoms in total. The van der Waals surface area contributed by atoms with Gasteiger partial charge in [-0.05, 0) is 33.6 Å². The minimum atomic E-state index is 0.574. The van der Waals surface area contributed by atoms with Gasteiger partial charge in [0.2, 0.25) is 0 Å². The molecule has 0 bridgehead atoms. The van der Waals surface area contributed by atoms with Crippen molar-refractivity contribution in [3.05, 3.63) is 22.2 Å². The van der Waals surface area contributed by atoms with Crippen molar-refractivity contribution in [1.29, 1.82) is 0 Å². The zero-order chi connectivity index (χ0) is 15.3. The van der Waals surface area contributed by atoms with Gasteiger partial charge in [0.25, 0.3) is 0 Å². The zero-order valence-electron chi connectivity index (χ0n) is 12.9. The van der Waals surface area contributed by atoms with Crippen molar-refractivity contribution in [2.24, 2.45) is 4.99 Å². The molecule has 20 heavy (non-hydrogen) atoms. The van der Waals surface area contributed by atoms with Gasteiger partial charge >= 0.3 is 0 Å². The predicted octanol–water partition coefficient (Wildman–Crippen LogP) is 2.45. The van der Waals surface area contributed by atoms with E-state index in [1.54, 1.807) is 14.2 Å². The number of rotatable bonds is 4. The van der Waals surface area contributed by atoms with Gasteiger partial charge in [-0.15, -0.1) is 0 Å². The normalized spacial score (nSPS) is 9.95. The number of aliphatic imine (C=N–C) groups is 1. The molecule has 0 radical (unpaired) electrons. The van der Waals surface area contributed by atoms with Gasteiger partial charge in [-0.3, -0.25) is 0 Å². The lowest BCUT2D eigenvalue weighted by Crippen LogP contribution is -2.35. The van der Waals surface area contributed by atoms with E-state index in [4.69, 9.17) is 9.47 Å². The van der Waals surface area contributed by atoms with E-state index >= 15 is 0 Å². The first-order valence-corrected chi connectivity index (χ1v) is 6.99. The third-order valence-electron chi connectivity index (χ3n) is 2.70. The SMILES string of the molecule is COc1cc(CN=C(N(C)C)N(C)C)cc(Br)c1OC. The number of nitrogens with zero attached hydrogens (tertiary/aromatic N) is 3. The van der Waals surface area contributed by atoms with Crippen LogP contribution in [0.4, 0.5) is 0 Å². The fourth-order valence-electron chi connectivity index (χ4n) is 1.91. The Morgan fingerprint density at radius 1 is 1.10 bits per heavy atom. The van der Waals surface area contributed by atoms with Crippen LogP contribution in [0, 0.1) is 0 Å². The molecule has 0 heterocycles. The molecule has 1 rings (SSSR count). The maximum Gasteiger partial charge on any atom is 0.195 e. The summed E-state index contributed by atoms with van der Waals surface area (Å²) in [5, 5.41) is 0. The summed E-state index contributed by atoms with van der Waals surface area (Å²) in [5.41, 5.74) is 1.05. The highest BCUT2D eigenvalue weighted by atomic mass is 79.9. The minimum Gasteiger partial charge on any atom is -0.493 e. The third kappa shape index (κ3) is 4.03. The first-order valence-electron chi connectivity index (χ1n) is 6.20.